The Balaban J connectivity index is 1.48. The van der Waals surface area contributed by atoms with Crippen LogP contribution in [0.5, 0.6) is 17.2 Å². The highest BCUT2D eigenvalue weighted by molar-refractivity contribution is 7.99. The molecule has 0 aliphatic heterocycles. The Morgan fingerprint density at radius 2 is 1.75 bits per heavy atom. The highest BCUT2D eigenvalue weighted by Gasteiger charge is 2.17. The van der Waals surface area contributed by atoms with Crippen molar-refractivity contribution < 1.29 is 19.4 Å². The molecule has 0 spiro atoms. The second kappa shape index (κ2) is 11.6. The summed E-state index contributed by atoms with van der Waals surface area (Å²) >= 11 is 7.27. The predicted molar refractivity (Wildman–Crippen MR) is 139 cm³/mol. The van der Waals surface area contributed by atoms with E-state index in [-0.39, 0.29) is 28.9 Å². The Morgan fingerprint density at radius 3 is 2.39 bits per heavy atom. The van der Waals surface area contributed by atoms with Crippen molar-refractivity contribution in [3.63, 3.8) is 0 Å². The van der Waals surface area contributed by atoms with E-state index in [4.69, 9.17) is 21.1 Å². The molecule has 0 aliphatic carbocycles. The van der Waals surface area contributed by atoms with Gasteiger partial charge in [0.05, 0.1) is 26.2 Å². The van der Waals surface area contributed by atoms with Gasteiger partial charge in [-0.05, 0) is 48.5 Å². The van der Waals surface area contributed by atoms with Crippen LogP contribution in [0.15, 0.2) is 77.0 Å². The normalized spacial score (nSPS) is 11.0. The lowest BCUT2D eigenvalue weighted by molar-refractivity contribution is -0.118. The molecule has 1 heterocycles. The average Bonchev–Trinajstić information content (AvgIpc) is 3.33. The van der Waals surface area contributed by atoms with Gasteiger partial charge in [0, 0.05) is 21.8 Å². The van der Waals surface area contributed by atoms with Gasteiger partial charge in [0.15, 0.2) is 22.5 Å². The number of phenolic OH excluding ortho intramolecular Hbond substituents is 1. The average molecular weight is 524 g/mol. The number of amides is 1. The van der Waals surface area contributed by atoms with Crippen LogP contribution in [0.2, 0.25) is 5.02 Å². The number of ether oxygens (including phenoxy) is 2. The number of aromatic nitrogens is 3. The molecule has 0 fully saturated rings. The summed E-state index contributed by atoms with van der Waals surface area (Å²) in [7, 11) is 2.86. The molecule has 184 valence electrons. The zero-order valence-electron chi connectivity index (χ0n) is 19.4. The molecule has 4 aromatic rings. The fourth-order valence-electron chi connectivity index (χ4n) is 3.29. The van der Waals surface area contributed by atoms with Gasteiger partial charge in [-0.25, -0.2) is 5.43 Å². The SMILES string of the molecule is COc1cc(/C=N\NC(=O)CSc2nnc(-c3ccc(Cl)cc3)n2-c2ccccc2)cc(OC)c1O. The fourth-order valence-corrected chi connectivity index (χ4v) is 4.16. The zero-order chi connectivity index (χ0) is 25.5. The fraction of sp³-hybridized carbons (Fsp3) is 0.120. The lowest BCUT2D eigenvalue weighted by Gasteiger charge is -2.10. The van der Waals surface area contributed by atoms with E-state index in [9.17, 15) is 9.90 Å². The summed E-state index contributed by atoms with van der Waals surface area (Å²) in [5.74, 6) is 0.714. The molecule has 1 amide bonds. The number of methoxy groups -OCH3 is 2. The van der Waals surface area contributed by atoms with Gasteiger partial charge in [-0.3, -0.25) is 9.36 Å². The minimum Gasteiger partial charge on any atom is -0.502 e. The van der Waals surface area contributed by atoms with Gasteiger partial charge in [0.25, 0.3) is 5.91 Å². The van der Waals surface area contributed by atoms with Gasteiger partial charge in [0.2, 0.25) is 5.75 Å². The summed E-state index contributed by atoms with van der Waals surface area (Å²) in [4.78, 5) is 12.5. The van der Waals surface area contributed by atoms with Crippen molar-refractivity contribution in [3.8, 4) is 34.3 Å². The Labute approximate surface area is 216 Å². The maximum Gasteiger partial charge on any atom is 0.250 e. The largest absolute Gasteiger partial charge is 0.502 e. The van der Waals surface area contributed by atoms with E-state index >= 15 is 0 Å². The predicted octanol–water partition coefficient (Wildman–Crippen LogP) is 4.55. The first-order valence-corrected chi connectivity index (χ1v) is 12.0. The molecule has 2 N–H and O–H groups in total. The van der Waals surface area contributed by atoms with Crippen molar-refractivity contribution in [1.29, 1.82) is 0 Å². The van der Waals surface area contributed by atoms with Crippen LogP contribution in [0.25, 0.3) is 17.1 Å². The quantitative estimate of drug-likeness (QED) is 0.188. The number of benzene rings is 3. The number of para-hydroxylation sites is 1. The molecule has 0 aliphatic rings. The van der Waals surface area contributed by atoms with Crippen molar-refractivity contribution in [2.75, 3.05) is 20.0 Å². The van der Waals surface area contributed by atoms with E-state index in [1.54, 1.807) is 24.3 Å². The van der Waals surface area contributed by atoms with Gasteiger partial charge < -0.3 is 14.6 Å². The Hall–Kier alpha value is -4.02. The molecular weight excluding hydrogens is 502 g/mol. The van der Waals surface area contributed by atoms with E-state index < -0.39 is 0 Å². The number of hydrogen-bond donors (Lipinski definition) is 2. The number of hydrogen-bond acceptors (Lipinski definition) is 8. The third-order valence-electron chi connectivity index (χ3n) is 4.99. The number of halogens is 1. The first kappa shape index (κ1) is 25.1. The number of nitrogens with zero attached hydrogens (tertiary/aromatic N) is 4. The lowest BCUT2D eigenvalue weighted by Crippen LogP contribution is -2.20. The van der Waals surface area contributed by atoms with Crippen LogP contribution in [0.1, 0.15) is 5.56 Å². The Morgan fingerprint density at radius 1 is 1.08 bits per heavy atom. The monoisotopic (exact) mass is 523 g/mol. The van der Waals surface area contributed by atoms with Crippen LogP contribution in [0.4, 0.5) is 0 Å². The maximum absolute atomic E-state index is 12.5. The molecule has 1 aromatic heterocycles. The van der Waals surface area contributed by atoms with Gasteiger partial charge in [-0.1, -0.05) is 41.6 Å². The van der Waals surface area contributed by atoms with E-state index in [0.717, 1.165) is 11.3 Å². The topological polar surface area (TPSA) is 111 Å². The van der Waals surface area contributed by atoms with Crippen molar-refractivity contribution >= 4 is 35.5 Å². The second-order valence-corrected chi connectivity index (χ2v) is 8.72. The molecule has 0 saturated heterocycles. The molecule has 36 heavy (non-hydrogen) atoms. The third-order valence-corrected chi connectivity index (χ3v) is 6.17. The highest BCUT2D eigenvalue weighted by Crippen LogP contribution is 2.36. The number of rotatable bonds is 9. The van der Waals surface area contributed by atoms with Crippen LogP contribution >= 0.6 is 23.4 Å². The maximum atomic E-state index is 12.5. The molecular formula is C25H22ClN5O4S. The van der Waals surface area contributed by atoms with Crippen LogP contribution in [0, 0.1) is 0 Å². The molecule has 9 nitrogen and oxygen atoms in total. The smallest absolute Gasteiger partial charge is 0.250 e. The Kier molecular flexibility index (Phi) is 8.09. The molecule has 4 rings (SSSR count). The van der Waals surface area contributed by atoms with Crippen LogP contribution < -0.4 is 14.9 Å². The third kappa shape index (κ3) is 5.78. The van der Waals surface area contributed by atoms with Crippen LogP contribution in [-0.2, 0) is 4.79 Å². The number of carbonyl (C=O) groups excluding carboxylic acids is 1. The molecule has 11 heteroatoms. The number of nitrogens with one attached hydrogen (secondary N) is 1. The molecule has 0 radical (unpaired) electrons. The molecule has 0 bridgehead atoms. The second-order valence-electron chi connectivity index (χ2n) is 7.34. The number of thioether (sulfide) groups is 1. The summed E-state index contributed by atoms with van der Waals surface area (Å²) < 4.78 is 12.1. The summed E-state index contributed by atoms with van der Waals surface area (Å²) in [5.41, 5.74) is 4.77. The van der Waals surface area contributed by atoms with Crippen molar-refractivity contribution in [2.45, 2.75) is 5.16 Å². The molecule has 0 unspecified atom stereocenters. The minimum absolute atomic E-state index is 0.0607. The molecule has 0 atom stereocenters. The first-order valence-electron chi connectivity index (χ1n) is 10.7. The van der Waals surface area contributed by atoms with Gasteiger partial charge in [-0.15, -0.1) is 10.2 Å². The number of hydrazone groups is 1. The van der Waals surface area contributed by atoms with E-state index in [2.05, 4.69) is 20.7 Å². The van der Waals surface area contributed by atoms with Gasteiger partial charge >= 0.3 is 0 Å². The summed E-state index contributed by atoms with van der Waals surface area (Å²) in [6, 6.07) is 20.1. The first-order chi connectivity index (χ1) is 17.5. The Bertz CT molecular complexity index is 1350. The van der Waals surface area contributed by atoms with E-state index in [1.807, 2.05) is 47.0 Å². The van der Waals surface area contributed by atoms with Crippen molar-refractivity contribution in [2.24, 2.45) is 5.10 Å². The van der Waals surface area contributed by atoms with Crippen molar-refractivity contribution in [3.05, 3.63) is 77.3 Å². The lowest BCUT2D eigenvalue weighted by atomic mass is 10.2. The van der Waals surface area contributed by atoms with Crippen molar-refractivity contribution in [1.82, 2.24) is 20.2 Å². The van der Waals surface area contributed by atoms with E-state index in [0.29, 0.717) is 21.6 Å². The van der Waals surface area contributed by atoms with Gasteiger partial charge in [0.1, 0.15) is 0 Å². The number of phenols is 1. The van der Waals surface area contributed by atoms with Crippen LogP contribution in [-0.4, -0.2) is 52.0 Å². The molecule has 0 saturated carbocycles. The summed E-state index contributed by atoms with van der Waals surface area (Å²) in [5, 5.41) is 23.8. The standard InChI is InChI=1S/C25H22ClN5O4S/c1-34-20-12-16(13-21(35-2)23(20)33)14-27-28-22(32)15-36-25-30-29-24(17-8-10-18(26)11-9-17)31(25)19-6-4-3-5-7-19/h3-14,33H,15H2,1-2H3,(H,28,32)/b27-14-. The number of aromatic hydroxyl groups is 1. The van der Waals surface area contributed by atoms with Crippen LogP contribution in [0.3, 0.4) is 0 Å². The highest BCUT2D eigenvalue weighted by atomic mass is 35.5. The zero-order valence-corrected chi connectivity index (χ0v) is 21.0. The molecule has 3 aromatic carbocycles. The summed E-state index contributed by atoms with van der Waals surface area (Å²) in [6.07, 6.45) is 1.43. The van der Waals surface area contributed by atoms with Gasteiger partial charge in [-0.2, -0.15) is 5.10 Å². The summed E-state index contributed by atoms with van der Waals surface area (Å²) in [6.45, 7) is 0. The van der Waals surface area contributed by atoms with E-state index in [1.165, 1.54) is 32.2 Å². The number of carbonyl (C=O) groups is 1. The minimum atomic E-state index is -0.329.